The van der Waals surface area contributed by atoms with E-state index in [4.69, 9.17) is 5.73 Å². The number of aromatic nitrogens is 1. The van der Waals surface area contributed by atoms with Crippen molar-refractivity contribution in [2.24, 2.45) is 11.7 Å². The van der Waals surface area contributed by atoms with Crippen molar-refractivity contribution in [3.8, 4) is 0 Å². The van der Waals surface area contributed by atoms with Crippen LogP contribution in [0.15, 0.2) is 5.38 Å². The number of ketones is 1. The minimum atomic E-state index is 0.0766. The summed E-state index contributed by atoms with van der Waals surface area (Å²) in [6.45, 7) is 4.45. The summed E-state index contributed by atoms with van der Waals surface area (Å²) in [5.74, 6) is 0.218. The standard InChI is InChI=1S/C10H16N2OS/c1-3-4-7(2)10(13)8-6-14-9(5-11)12-8/h6-7H,3-5,11H2,1-2H3. The molecular formula is C10H16N2OS. The molecule has 0 spiro atoms. The van der Waals surface area contributed by atoms with Crippen molar-refractivity contribution in [3.63, 3.8) is 0 Å². The Balaban J connectivity index is 2.68. The monoisotopic (exact) mass is 212 g/mol. The van der Waals surface area contributed by atoms with E-state index in [0.29, 0.717) is 12.2 Å². The Morgan fingerprint density at radius 3 is 2.93 bits per heavy atom. The van der Waals surface area contributed by atoms with Gasteiger partial charge in [-0.3, -0.25) is 4.79 Å². The SMILES string of the molecule is CCCC(C)C(=O)c1csc(CN)n1. The third kappa shape index (κ3) is 2.62. The van der Waals surface area contributed by atoms with Crippen LogP contribution in [0.2, 0.25) is 0 Å². The first kappa shape index (κ1) is 11.3. The van der Waals surface area contributed by atoms with Gasteiger partial charge in [0.25, 0.3) is 0 Å². The first-order valence-corrected chi connectivity index (χ1v) is 5.75. The minimum Gasteiger partial charge on any atom is -0.325 e. The smallest absolute Gasteiger partial charge is 0.184 e. The molecular weight excluding hydrogens is 196 g/mol. The van der Waals surface area contributed by atoms with E-state index in [1.54, 1.807) is 5.38 Å². The molecule has 0 saturated carbocycles. The Bertz CT molecular complexity index is 309. The molecule has 0 amide bonds. The minimum absolute atomic E-state index is 0.0766. The number of carbonyl (C=O) groups excluding carboxylic acids is 1. The lowest BCUT2D eigenvalue weighted by Crippen LogP contribution is -2.11. The average molecular weight is 212 g/mol. The second kappa shape index (κ2) is 5.22. The number of hydrogen-bond acceptors (Lipinski definition) is 4. The Morgan fingerprint density at radius 1 is 1.71 bits per heavy atom. The number of thiazole rings is 1. The first-order valence-electron chi connectivity index (χ1n) is 4.87. The Labute approximate surface area is 88.3 Å². The zero-order valence-electron chi connectivity index (χ0n) is 8.62. The van der Waals surface area contributed by atoms with Gasteiger partial charge in [-0.1, -0.05) is 20.3 Å². The number of rotatable bonds is 5. The van der Waals surface area contributed by atoms with Gasteiger partial charge in [0.15, 0.2) is 5.78 Å². The van der Waals surface area contributed by atoms with E-state index >= 15 is 0 Å². The lowest BCUT2D eigenvalue weighted by Gasteiger charge is -2.05. The van der Waals surface area contributed by atoms with Gasteiger partial charge >= 0.3 is 0 Å². The highest BCUT2D eigenvalue weighted by Gasteiger charge is 2.16. The van der Waals surface area contributed by atoms with Crippen LogP contribution in [0.25, 0.3) is 0 Å². The fraction of sp³-hybridized carbons (Fsp3) is 0.600. The summed E-state index contributed by atoms with van der Waals surface area (Å²) in [5, 5.41) is 2.63. The zero-order chi connectivity index (χ0) is 10.6. The van der Waals surface area contributed by atoms with E-state index < -0.39 is 0 Å². The number of nitrogens with zero attached hydrogens (tertiary/aromatic N) is 1. The van der Waals surface area contributed by atoms with Gasteiger partial charge in [0.2, 0.25) is 0 Å². The lowest BCUT2D eigenvalue weighted by atomic mass is 9.99. The van der Waals surface area contributed by atoms with Gasteiger partial charge in [0, 0.05) is 17.8 Å². The highest BCUT2D eigenvalue weighted by molar-refractivity contribution is 7.09. The van der Waals surface area contributed by atoms with Crippen molar-refractivity contribution in [1.29, 1.82) is 0 Å². The molecule has 1 rings (SSSR count). The van der Waals surface area contributed by atoms with Crippen LogP contribution in [0.4, 0.5) is 0 Å². The van der Waals surface area contributed by atoms with Gasteiger partial charge in [-0.2, -0.15) is 0 Å². The maximum absolute atomic E-state index is 11.8. The van der Waals surface area contributed by atoms with Crippen molar-refractivity contribution in [3.05, 3.63) is 16.1 Å². The normalized spacial score (nSPS) is 12.8. The van der Waals surface area contributed by atoms with E-state index in [1.165, 1.54) is 11.3 Å². The van der Waals surface area contributed by atoms with E-state index in [-0.39, 0.29) is 11.7 Å². The number of nitrogens with two attached hydrogens (primary N) is 1. The predicted octanol–water partition coefficient (Wildman–Crippen LogP) is 2.22. The molecule has 1 unspecified atom stereocenters. The molecule has 1 aromatic heterocycles. The molecule has 0 fully saturated rings. The summed E-state index contributed by atoms with van der Waals surface area (Å²) in [5.41, 5.74) is 6.01. The molecule has 0 bridgehead atoms. The molecule has 3 nitrogen and oxygen atoms in total. The molecule has 0 aliphatic carbocycles. The van der Waals surface area contributed by atoms with Gasteiger partial charge in [-0.15, -0.1) is 11.3 Å². The van der Waals surface area contributed by atoms with Crippen molar-refractivity contribution < 1.29 is 4.79 Å². The molecule has 4 heteroatoms. The zero-order valence-corrected chi connectivity index (χ0v) is 9.43. The van der Waals surface area contributed by atoms with Crippen LogP contribution in [-0.2, 0) is 6.54 Å². The molecule has 0 radical (unpaired) electrons. The van der Waals surface area contributed by atoms with Gasteiger partial charge in [-0.05, 0) is 6.42 Å². The number of carbonyl (C=O) groups is 1. The Hall–Kier alpha value is -0.740. The first-order chi connectivity index (χ1) is 6.69. The highest BCUT2D eigenvalue weighted by atomic mass is 32.1. The number of hydrogen-bond donors (Lipinski definition) is 1. The van der Waals surface area contributed by atoms with E-state index in [0.717, 1.165) is 17.8 Å². The molecule has 0 aromatic carbocycles. The fourth-order valence-corrected chi connectivity index (χ4v) is 2.00. The molecule has 0 aliphatic rings. The predicted molar refractivity (Wildman–Crippen MR) is 58.4 cm³/mol. The maximum Gasteiger partial charge on any atom is 0.184 e. The molecule has 0 aliphatic heterocycles. The molecule has 1 heterocycles. The van der Waals surface area contributed by atoms with Crippen molar-refractivity contribution >= 4 is 17.1 Å². The van der Waals surface area contributed by atoms with Crippen LogP contribution in [0.5, 0.6) is 0 Å². The van der Waals surface area contributed by atoms with Gasteiger partial charge in [0.05, 0.1) is 0 Å². The van der Waals surface area contributed by atoms with E-state index in [1.807, 2.05) is 6.92 Å². The Kier molecular flexibility index (Phi) is 4.22. The summed E-state index contributed by atoms with van der Waals surface area (Å²) in [7, 11) is 0. The van der Waals surface area contributed by atoms with Crippen LogP contribution >= 0.6 is 11.3 Å². The molecule has 2 N–H and O–H groups in total. The molecule has 1 aromatic rings. The van der Waals surface area contributed by atoms with Crippen molar-refractivity contribution in [1.82, 2.24) is 4.98 Å². The summed E-state index contributed by atoms with van der Waals surface area (Å²) < 4.78 is 0. The second-order valence-electron chi connectivity index (χ2n) is 3.38. The highest BCUT2D eigenvalue weighted by Crippen LogP contribution is 2.16. The van der Waals surface area contributed by atoms with Crippen molar-refractivity contribution in [2.75, 3.05) is 0 Å². The second-order valence-corrected chi connectivity index (χ2v) is 4.33. The van der Waals surface area contributed by atoms with Gasteiger partial charge < -0.3 is 5.73 Å². The summed E-state index contributed by atoms with van der Waals surface area (Å²) in [6.07, 6.45) is 1.95. The summed E-state index contributed by atoms with van der Waals surface area (Å²) in [4.78, 5) is 15.9. The average Bonchev–Trinajstić information content (AvgIpc) is 2.65. The Morgan fingerprint density at radius 2 is 2.43 bits per heavy atom. The van der Waals surface area contributed by atoms with Gasteiger partial charge in [-0.25, -0.2) is 4.98 Å². The largest absolute Gasteiger partial charge is 0.325 e. The fourth-order valence-electron chi connectivity index (χ4n) is 1.33. The van der Waals surface area contributed by atoms with E-state index in [9.17, 15) is 4.79 Å². The van der Waals surface area contributed by atoms with Crippen molar-refractivity contribution in [2.45, 2.75) is 33.2 Å². The third-order valence-electron chi connectivity index (χ3n) is 2.15. The van der Waals surface area contributed by atoms with Gasteiger partial charge in [0.1, 0.15) is 10.7 Å². The molecule has 78 valence electrons. The topological polar surface area (TPSA) is 56.0 Å². The van der Waals surface area contributed by atoms with E-state index in [2.05, 4.69) is 11.9 Å². The number of Topliss-reactive ketones (excluding diaryl/α,β-unsaturated/α-hetero) is 1. The quantitative estimate of drug-likeness (QED) is 0.761. The molecule has 0 saturated heterocycles. The van der Waals surface area contributed by atoms with Crippen LogP contribution in [0.1, 0.15) is 42.2 Å². The third-order valence-corrected chi connectivity index (χ3v) is 3.02. The van der Waals surface area contributed by atoms with Crippen LogP contribution < -0.4 is 5.73 Å². The van der Waals surface area contributed by atoms with Crippen LogP contribution in [0.3, 0.4) is 0 Å². The molecule has 14 heavy (non-hydrogen) atoms. The summed E-state index contributed by atoms with van der Waals surface area (Å²) in [6, 6.07) is 0. The molecule has 1 atom stereocenters. The maximum atomic E-state index is 11.8. The van der Waals surface area contributed by atoms with Crippen LogP contribution in [0, 0.1) is 5.92 Å². The lowest BCUT2D eigenvalue weighted by molar-refractivity contribution is 0.0919. The summed E-state index contributed by atoms with van der Waals surface area (Å²) >= 11 is 1.46. The van der Waals surface area contributed by atoms with Crippen LogP contribution in [-0.4, -0.2) is 10.8 Å².